The summed E-state index contributed by atoms with van der Waals surface area (Å²) < 4.78 is 0. The van der Waals surface area contributed by atoms with Crippen LogP contribution in [0.15, 0.2) is 0 Å². The molecule has 1 aliphatic carbocycles. The third kappa shape index (κ3) is 4.51. The highest BCUT2D eigenvalue weighted by Crippen LogP contribution is 2.50. The molecule has 0 aromatic heterocycles. The Morgan fingerprint density at radius 2 is 1.35 bits per heavy atom. The highest BCUT2D eigenvalue weighted by molar-refractivity contribution is 5.07. The summed E-state index contributed by atoms with van der Waals surface area (Å²) in [6.45, 7) is 20.0. The Balaban J connectivity index is 0.000000168. The number of piperidine rings is 1. The third-order valence-electron chi connectivity index (χ3n) is 6.34. The van der Waals surface area contributed by atoms with Crippen molar-refractivity contribution in [2.24, 2.45) is 17.8 Å². The molecule has 136 valence electrons. The normalized spacial score (nSPS) is 34.4. The van der Waals surface area contributed by atoms with E-state index in [0.717, 1.165) is 48.0 Å². The van der Waals surface area contributed by atoms with Crippen LogP contribution in [0.1, 0.15) is 81.1 Å². The van der Waals surface area contributed by atoms with Gasteiger partial charge < -0.3 is 0 Å². The fourth-order valence-electron chi connectivity index (χ4n) is 5.08. The van der Waals surface area contributed by atoms with Crippen LogP contribution < -0.4 is 0 Å². The molecule has 2 saturated heterocycles. The van der Waals surface area contributed by atoms with Crippen molar-refractivity contribution in [2.75, 3.05) is 6.54 Å². The highest BCUT2D eigenvalue weighted by Gasteiger charge is 2.52. The molecule has 0 amide bonds. The second-order valence-electron chi connectivity index (χ2n) is 9.44. The van der Waals surface area contributed by atoms with Crippen LogP contribution in [0.2, 0.25) is 0 Å². The van der Waals surface area contributed by atoms with E-state index in [1.807, 2.05) is 0 Å². The average Bonchev–Trinajstić information content (AvgIpc) is 2.92. The SMILES string of the molecule is CC(C)[C@@H]1CC2CC2N1C(C)C.CC(C)[C@@H]1CCCN1C(C)C. The molecular weight excluding hydrogens is 280 g/mol. The van der Waals surface area contributed by atoms with Crippen LogP contribution in [0.5, 0.6) is 0 Å². The van der Waals surface area contributed by atoms with Gasteiger partial charge in [-0.15, -0.1) is 0 Å². The standard InChI is InChI=1S/C11H21N.C10H21N/c1-7(2)10-5-9-6-11(9)12(10)8(3)4;1-8(2)10-6-5-7-11(10)9(3)4/h7-11H,5-6H2,1-4H3;8-10H,5-7H2,1-4H3/t9?,10-,11?;10-/m00/s1. The van der Waals surface area contributed by atoms with Crippen molar-refractivity contribution in [1.82, 2.24) is 9.80 Å². The molecular formula is C21H42N2. The van der Waals surface area contributed by atoms with Gasteiger partial charge in [0.2, 0.25) is 0 Å². The van der Waals surface area contributed by atoms with Crippen molar-refractivity contribution >= 4 is 0 Å². The van der Waals surface area contributed by atoms with Crippen LogP contribution in [0.25, 0.3) is 0 Å². The second-order valence-corrected chi connectivity index (χ2v) is 9.44. The Labute approximate surface area is 146 Å². The van der Waals surface area contributed by atoms with Crippen molar-refractivity contribution in [3.8, 4) is 0 Å². The van der Waals surface area contributed by atoms with Crippen LogP contribution in [0.3, 0.4) is 0 Å². The number of likely N-dealkylation sites (tertiary alicyclic amines) is 2. The van der Waals surface area contributed by atoms with Gasteiger partial charge in [0.05, 0.1) is 0 Å². The third-order valence-corrected chi connectivity index (χ3v) is 6.34. The van der Waals surface area contributed by atoms with Crippen molar-refractivity contribution in [2.45, 2.75) is 111 Å². The summed E-state index contributed by atoms with van der Waals surface area (Å²) in [7, 11) is 0. The van der Waals surface area contributed by atoms with Gasteiger partial charge in [-0.3, -0.25) is 9.80 Å². The summed E-state index contributed by atoms with van der Waals surface area (Å²) in [5, 5.41) is 0. The van der Waals surface area contributed by atoms with Crippen LogP contribution in [0.4, 0.5) is 0 Å². The van der Waals surface area contributed by atoms with Gasteiger partial charge in [-0.2, -0.15) is 0 Å². The minimum atomic E-state index is 0.741. The first-order chi connectivity index (χ1) is 10.7. The van der Waals surface area contributed by atoms with Crippen LogP contribution in [-0.2, 0) is 0 Å². The molecule has 2 nitrogen and oxygen atoms in total. The van der Waals surface area contributed by atoms with E-state index in [2.05, 4.69) is 65.2 Å². The summed E-state index contributed by atoms with van der Waals surface area (Å²) in [6, 6.07) is 4.21. The van der Waals surface area contributed by atoms with Crippen molar-refractivity contribution in [3.05, 3.63) is 0 Å². The first kappa shape index (κ1) is 19.2. The van der Waals surface area contributed by atoms with E-state index in [0.29, 0.717) is 0 Å². The minimum Gasteiger partial charge on any atom is -0.298 e. The van der Waals surface area contributed by atoms with E-state index in [9.17, 15) is 0 Å². The molecule has 2 unspecified atom stereocenters. The summed E-state index contributed by atoms with van der Waals surface area (Å²) >= 11 is 0. The highest BCUT2D eigenvalue weighted by atomic mass is 15.3. The Hall–Kier alpha value is -0.0800. The Morgan fingerprint density at radius 1 is 0.739 bits per heavy atom. The molecule has 3 rings (SSSR count). The number of rotatable bonds is 4. The lowest BCUT2D eigenvalue weighted by Gasteiger charge is -2.33. The van der Waals surface area contributed by atoms with Gasteiger partial charge in [0, 0.05) is 30.2 Å². The number of nitrogens with zero attached hydrogens (tertiary/aromatic N) is 2. The van der Waals surface area contributed by atoms with E-state index in [1.165, 1.54) is 32.2 Å². The Morgan fingerprint density at radius 3 is 1.74 bits per heavy atom. The molecule has 1 saturated carbocycles. The molecule has 2 heteroatoms. The van der Waals surface area contributed by atoms with Gasteiger partial charge in [-0.25, -0.2) is 0 Å². The smallest absolute Gasteiger partial charge is 0.0134 e. The van der Waals surface area contributed by atoms with Crippen molar-refractivity contribution < 1.29 is 0 Å². The van der Waals surface area contributed by atoms with Gasteiger partial charge in [-0.1, -0.05) is 27.7 Å². The Bertz CT molecular complexity index is 347. The zero-order chi connectivity index (χ0) is 17.3. The predicted octanol–water partition coefficient (Wildman–Crippen LogP) is 5.03. The Kier molecular flexibility index (Phi) is 6.58. The van der Waals surface area contributed by atoms with Crippen molar-refractivity contribution in [3.63, 3.8) is 0 Å². The maximum Gasteiger partial charge on any atom is 0.0134 e. The topological polar surface area (TPSA) is 6.48 Å². The van der Waals surface area contributed by atoms with Gasteiger partial charge in [0.1, 0.15) is 0 Å². The van der Waals surface area contributed by atoms with Gasteiger partial charge in [-0.05, 0) is 77.7 Å². The molecule has 0 aromatic carbocycles. The fraction of sp³-hybridized carbons (Fsp3) is 1.00. The maximum absolute atomic E-state index is 2.76. The summed E-state index contributed by atoms with van der Waals surface area (Å²) in [5.74, 6) is 2.75. The van der Waals surface area contributed by atoms with E-state index in [1.54, 1.807) is 0 Å². The minimum absolute atomic E-state index is 0.741. The summed E-state index contributed by atoms with van der Waals surface area (Å²) in [4.78, 5) is 5.40. The first-order valence-electron chi connectivity index (χ1n) is 10.3. The number of hydrogen-bond donors (Lipinski definition) is 0. The monoisotopic (exact) mass is 322 g/mol. The average molecular weight is 323 g/mol. The summed E-state index contributed by atoms with van der Waals surface area (Å²) in [6.07, 6.45) is 5.78. The van der Waals surface area contributed by atoms with Crippen molar-refractivity contribution in [1.29, 1.82) is 0 Å². The molecule has 0 aromatic rings. The lowest BCUT2D eigenvalue weighted by Crippen LogP contribution is -2.41. The lowest BCUT2D eigenvalue weighted by atomic mass is 9.99. The molecule has 0 bridgehead atoms. The van der Waals surface area contributed by atoms with Gasteiger partial charge >= 0.3 is 0 Å². The zero-order valence-electron chi connectivity index (χ0n) is 17.0. The molecule has 0 radical (unpaired) electrons. The van der Waals surface area contributed by atoms with E-state index in [4.69, 9.17) is 0 Å². The molecule has 0 spiro atoms. The molecule has 2 heterocycles. The zero-order valence-corrected chi connectivity index (χ0v) is 17.0. The molecule has 3 aliphatic rings. The summed E-state index contributed by atoms with van der Waals surface area (Å²) in [5.41, 5.74) is 0. The predicted molar refractivity (Wildman–Crippen MR) is 102 cm³/mol. The second kappa shape index (κ2) is 7.87. The van der Waals surface area contributed by atoms with Gasteiger partial charge in [0.15, 0.2) is 0 Å². The molecule has 0 N–H and O–H groups in total. The molecule has 3 fully saturated rings. The van der Waals surface area contributed by atoms with E-state index >= 15 is 0 Å². The largest absolute Gasteiger partial charge is 0.298 e. The first-order valence-corrected chi connectivity index (χ1v) is 10.3. The number of fused-ring (bicyclic) bond motifs is 1. The molecule has 23 heavy (non-hydrogen) atoms. The molecule has 2 aliphatic heterocycles. The van der Waals surface area contributed by atoms with Crippen LogP contribution in [-0.4, -0.2) is 46.6 Å². The molecule has 4 atom stereocenters. The van der Waals surface area contributed by atoms with E-state index in [-0.39, 0.29) is 0 Å². The van der Waals surface area contributed by atoms with Gasteiger partial charge in [0.25, 0.3) is 0 Å². The quantitative estimate of drug-likeness (QED) is 0.716. The van der Waals surface area contributed by atoms with E-state index < -0.39 is 0 Å². The van der Waals surface area contributed by atoms with Crippen LogP contribution in [0, 0.1) is 17.8 Å². The fourth-order valence-corrected chi connectivity index (χ4v) is 5.08. The number of hydrogen-bond acceptors (Lipinski definition) is 2. The lowest BCUT2D eigenvalue weighted by molar-refractivity contribution is 0.136. The van der Waals surface area contributed by atoms with Crippen LogP contribution >= 0.6 is 0 Å². The maximum atomic E-state index is 2.76.